The molecule has 0 unspecified atom stereocenters. The lowest BCUT2D eigenvalue weighted by Crippen LogP contribution is -1.79. The quantitative estimate of drug-likeness (QED) is 0.532. The SMILES string of the molecule is C#Cc1cc(O)ccc1C. The van der Waals surface area contributed by atoms with Crippen molar-refractivity contribution in [1.82, 2.24) is 0 Å². The van der Waals surface area contributed by atoms with E-state index in [0.717, 1.165) is 11.1 Å². The van der Waals surface area contributed by atoms with E-state index in [1.165, 1.54) is 0 Å². The van der Waals surface area contributed by atoms with Crippen molar-refractivity contribution in [2.75, 3.05) is 0 Å². The molecule has 0 bridgehead atoms. The third kappa shape index (κ3) is 1.11. The van der Waals surface area contributed by atoms with Crippen LogP contribution in [-0.2, 0) is 0 Å². The van der Waals surface area contributed by atoms with Crippen molar-refractivity contribution >= 4 is 0 Å². The Hall–Kier alpha value is -1.42. The highest BCUT2D eigenvalue weighted by Crippen LogP contribution is 2.13. The molecule has 0 aliphatic carbocycles. The van der Waals surface area contributed by atoms with E-state index in [0.29, 0.717) is 0 Å². The Kier molecular flexibility index (Phi) is 1.64. The minimum atomic E-state index is 0.221. The van der Waals surface area contributed by atoms with Gasteiger partial charge in [0.1, 0.15) is 5.75 Å². The maximum Gasteiger partial charge on any atom is 0.116 e. The maximum atomic E-state index is 8.97. The Morgan fingerprint density at radius 2 is 2.20 bits per heavy atom. The molecule has 1 aromatic carbocycles. The van der Waals surface area contributed by atoms with E-state index in [-0.39, 0.29) is 5.75 Å². The summed E-state index contributed by atoms with van der Waals surface area (Å²) in [6.45, 7) is 1.91. The first-order valence-electron chi connectivity index (χ1n) is 3.00. The van der Waals surface area contributed by atoms with Crippen LogP contribution < -0.4 is 0 Å². The highest BCUT2D eigenvalue weighted by atomic mass is 16.3. The van der Waals surface area contributed by atoms with Crippen LogP contribution in [-0.4, -0.2) is 5.11 Å². The van der Waals surface area contributed by atoms with E-state index in [4.69, 9.17) is 11.5 Å². The fourth-order valence-corrected chi connectivity index (χ4v) is 0.765. The van der Waals surface area contributed by atoms with Crippen molar-refractivity contribution in [3.63, 3.8) is 0 Å². The molecule has 1 heteroatoms. The van der Waals surface area contributed by atoms with E-state index in [2.05, 4.69) is 5.92 Å². The van der Waals surface area contributed by atoms with Gasteiger partial charge in [-0.1, -0.05) is 12.0 Å². The molecule has 0 saturated heterocycles. The summed E-state index contributed by atoms with van der Waals surface area (Å²) in [4.78, 5) is 0. The number of phenols is 1. The number of benzene rings is 1. The number of terminal acetylenes is 1. The average Bonchev–Trinajstić information content (AvgIpc) is 1.94. The van der Waals surface area contributed by atoms with Crippen LogP contribution in [0.25, 0.3) is 0 Å². The predicted octanol–water partition coefficient (Wildman–Crippen LogP) is 1.68. The summed E-state index contributed by atoms with van der Waals surface area (Å²) >= 11 is 0. The molecular weight excluding hydrogens is 124 g/mol. The molecule has 0 fully saturated rings. The third-order valence-electron chi connectivity index (χ3n) is 1.38. The summed E-state index contributed by atoms with van der Waals surface area (Å²) in [6.07, 6.45) is 5.16. The van der Waals surface area contributed by atoms with E-state index in [1.807, 2.05) is 6.92 Å². The molecular formula is C9H8O. The molecule has 0 saturated carbocycles. The van der Waals surface area contributed by atoms with Crippen molar-refractivity contribution in [2.45, 2.75) is 6.92 Å². The molecule has 0 spiro atoms. The Bertz CT molecular complexity index is 281. The second-order valence-corrected chi connectivity index (χ2v) is 2.14. The average molecular weight is 132 g/mol. The lowest BCUT2D eigenvalue weighted by Gasteiger charge is -1.96. The van der Waals surface area contributed by atoms with Gasteiger partial charge < -0.3 is 5.11 Å². The standard InChI is InChI=1S/C9H8O/c1-3-8-6-9(10)5-4-7(8)2/h1,4-6,10H,2H3. The van der Waals surface area contributed by atoms with Crippen LogP contribution in [0, 0.1) is 19.3 Å². The van der Waals surface area contributed by atoms with Crippen LogP contribution in [0.4, 0.5) is 0 Å². The van der Waals surface area contributed by atoms with Crippen molar-refractivity contribution < 1.29 is 5.11 Å². The predicted molar refractivity (Wildman–Crippen MR) is 40.8 cm³/mol. The first-order chi connectivity index (χ1) is 4.74. The molecule has 10 heavy (non-hydrogen) atoms. The van der Waals surface area contributed by atoms with Gasteiger partial charge in [0, 0.05) is 5.56 Å². The maximum absolute atomic E-state index is 8.97. The van der Waals surface area contributed by atoms with Gasteiger partial charge in [-0.3, -0.25) is 0 Å². The minimum Gasteiger partial charge on any atom is -0.508 e. The summed E-state index contributed by atoms with van der Waals surface area (Å²) in [6, 6.07) is 5.00. The molecule has 0 aromatic heterocycles. The van der Waals surface area contributed by atoms with Crippen LogP contribution in [0.3, 0.4) is 0 Å². The molecule has 0 atom stereocenters. The number of aromatic hydroxyl groups is 1. The Morgan fingerprint density at radius 3 is 2.70 bits per heavy atom. The van der Waals surface area contributed by atoms with Crippen LogP contribution in [0.1, 0.15) is 11.1 Å². The third-order valence-corrected chi connectivity index (χ3v) is 1.38. The lowest BCUT2D eigenvalue weighted by molar-refractivity contribution is 0.475. The van der Waals surface area contributed by atoms with Crippen LogP contribution in [0.2, 0.25) is 0 Å². The number of rotatable bonds is 0. The summed E-state index contributed by atoms with van der Waals surface area (Å²) in [5.74, 6) is 2.70. The topological polar surface area (TPSA) is 20.2 Å². The number of hydrogen-bond donors (Lipinski definition) is 1. The van der Waals surface area contributed by atoms with Gasteiger partial charge in [-0.2, -0.15) is 0 Å². The molecule has 1 N–H and O–H groups in total. The minimum absolute atomic E-state index is 0.221. The van der Waals surface area contributed by atoms with E-state index in [1.54, 1.807) is 18.2 Å². The second-order valence-electron chi connectivity index (χ2n) is 2.14. The fraction of sp³-hybridized carbons (Fsp3) is 0.111. The van der Waals surface area contributed by atoms with Gasteiger partial charge >= 0.3 is 0 Å². The molecule has 50 valence electrons. The molecule has 1 rings (SSSR count). The summed E-state index contributed by atoms with van der Waals surface area (Å²) in [5, 5.41) is 8.97. The molecule has 0 aliphatic rings. The molecule has 0 aliphatic heterocycles. The van der Waals surface area contributed by atoms with E-state index in [9.17, 15) is 0 Å². The van der Waals surface area contributed by atoms with Gasteiger partial charge in [0.25, 0.3) is 0 Å². The zero-order valence-electron chi connectivity index (χ0n) is 5.76. The van der Waals surface area contributed by atoms with Gasteiger partial charge in [-0.15, -0.1) is 6.42 Å². The second kappa shape index (κ2) is 2.45. The number of hydrogen-bond acceptors (Lipinski definition) is 1. The Morgan fingerprint density at radius 1 is 1.50 bits per heavy atom. The van der Waals surface area contributed by atoms with Gasteiger partial charge in [0.15, 0.2) is 0 Å². The molecule has 1 aromatic rings. The van der Waals surface area contributed by atoms with Crippen molar-refractivity contribution in [2.24, 2.45) is 0 Å². The van der Waals surface area contributed by atoms with Crippen LogP contribution in [0.5, 0.6) is 5.75 Å². The Balaban J connectivity index is 3.25. The highest BCUT2D eigenvalue weighted by molar-refractivity contribution is 5.43. The first-order valence-corrected chi connectivity index (χ1v) is 3.00. The molecule has 0 radical (unpaired) electrons. The first kappa shape index (κ1) is 6.70. The summed E-state index contributed by atoms with van der Waals surface area (Å²) in [7, 11) is 0. The summed E-state index contributed by atoms with van der Waals surface area (Å²) < 4.78 is 0. The molecule has 1 nitrogen and oxygen atoms in total. The highest BCUT2D eigenvalue weighted by Gasteiger charge is 1.93. The van der Waals surface area contributed by atoms with Gasteiger partial charge in [0.05, 0.1) is 0 Å². The van der Waals surface area contributed by atoms with E-state index >= 15 is 0 Å². The molecule has 0 amide bonds. The zero-order valence-corrected chi connectivity index (χ0v) is 5.76. The fourth-order valence-electron chi connectivity index (χ4n) is 0.765. The van der Waals surface area contributed by atoms with Crippen molar-refractivity contribution in [3.05, 3.63) is 29.3 Å². The zero-order chi connectivity index (χ0) is 7.56. The number of phenolic OH excluding ortho intramolecular Hbond substituents is 1. The lowest BCUT2D eigenvalue weighted by atomic mass is 10.1. The van der Waals surface area contributed by atoms with Crippen molar-refractivity contribution in [1.29, 1.82) is 0 Å². The summed E-state index contributed by atoms with van der Waals surface area (Å²) in [5.41, 5.74) is 1.76. The van der Waals surface area contributed by atoms with Crippen LogP contribution >= 0.6 is 0 Å². The van der Waals surface area contributed by atoms with Crippen LogP contribution in [0.15, 0.2) is 18.2 Å². The van der Waals surface area contributed by atoms with Gasteiger partial charge in [-0.25, -0.2) is 0 Å². The number of aryl methyl sites for hydroxylation is 1. The van der Waals surface area contributed by atoms with Gasteiger partial charge in [0.2, 0.25) is 0 Å². The van der Waals surface area contributed by atoms with Crippen molar-refractivity contribution in [3.8, 4) is 18.1 Å². The Labute approximate surface area is 60.3 Å². The smallest absolute Gasteiger partial charge is 0.116 e. The van der Waals surface area contributed by atoms with E-state index < -0.39 is 0 Å². The monoisotopic (exact) mass is 132 g/mol. The normalized spacial score (nSPS) is 8.80. The molecule has 0 heterocycles. The largest absolute Gasteiger partial charge is 0.508 e. The van der Waals surface area contributed by atoms with Gasteiger partial charge in [-0.05, 0) is 24.6 Å².